The molecule has 0 saturated heterocycles. The van der Waals surface area contributed by atoms with Crippen molar-refractivity contribution in [3.05, 3.63) is 23.3 Å². The predicted molar refractivity (Wildman–Crippen MR) is 62.3 cm³/mol. The summed E-state index contributed by atoms with van der Waals surface area (Å²) in [4.78, 5) is 0.858. The smallest absolute Gasteiger partial charge is 0.227 e. The molecule has 0 amide bonds. The van der Waals surface area contributed by atoms with Crippen molar-refractivity contribution in [1.82, 2.24) is 14.6 Å². The molecular formula is C10H10N4S. The van der Waals surface area contributed by atoms with Gasteiger partial charge in [0, 0.05) is 0 Å². The van der Waals surface area contributed by atoms with E-state index < -0.39 is 0 Å². The fraction of sp³-hybridized carbons (Fsp3) is 0.200. The molecule has 0 radical (unpaired) electrons. The molecule has 0 aliphatic rings. The molecular weight excluding hydrogens is 208 g/mol. The Bertz CT molecular complexity index is 665. The van der Waals surface area contributed by atoms with Gasteiger partial charge in [0.25, 0.3) is 0 Å². The summed E-state index contributed by atoms with van der Waals surface area (Å²) in [7, 11) is 0. The summed E-state index contributed by atoms with van der Waals surface area (Å²) in [6.45, 7) is 4.19. The molecule has 0 fully saturated rings. The van der Waals surface area contributed by atoms with Crippen LogP contribution in [0, 0.1) is 13.8 Å². The maximum Gasteiger partial charge on any atom is 0.227 e. The summed E-state index contributed by atoms with van der Waals surface area (Å²) in [5.74, 6) is 0.459. The van der Waals surface area contributed by atoms with E-state index in [1.54, 1.807) is 11.3 Å². The Kier molecular flexibility index (Phi) is 1.56. The molecule has 0 atom stereocenters. The first kappa shape index (κ1) is 8.67. The van der Waals surface area contributed by atoms with Gasteiger partial charge in [0.2, 0.25) is 10.9 Å². The standard InChI is InChI=1S/C10H10N4S/c1-5-3-6(2)8-7(4-5)14-9(11)12-13-10(14)15-8/h3-4H,1-2H3,(H2,11,12). The minimum atomic E-state index is 0.459. The Morgan fingerprint density at radius 1 is 1.27 bits per heavy atom. The number of rotatable bonds is 0. The van der Waals surface area contributed by atoms with Crippen LogP contribution in [0.5, 0.6) is 0 Å². The van der Waals surface area contributed by atoms with Crippen LogP contribution in [0.2, 0.25) is 0 Å². The molecule has 4 nitrogen and oxygen atoms in total. The van der Waals surface area contributed by atoms with Crippen LogP contribution in [0.25, 0.3) is 15.2 Å². The summed E-state index contributed by atoms with van der Waals surface area (Å²) in [5.41, 5.74) is 9.38. The van der Waals surface area contributed by atoms with E-state index in [4.69, 9.17) is 5.73 Å². The number of fused-ring (bicyclic) bond motifs is 3. The highest BCUT2D eigenvalue weighted by Crippen LogP contribution is 2.30. The quantitative estimate of drug-likeness (QED) is 0.629. The summed E-state index contributed by atoms with van der Waals surface area (Å²) in [5, 5.41) is 7.90. The van der Waals surface area contributed by atoms with E-state index in [2.05, 4.69) is 36.2 Å². The molecule has 0 aliphatic carbocycles. The molecule has 15 heavy (non-hydrogen) atoms. The number of aromatic nitrogens is 3. The second-order valence-corrected chi connectivity index (χ2v) is 4.69. The van der Waals surface area contributed by atoms with Crippen LogP contribution >= 0.6 is 11.3 Å². The highest BCUT2D eigenvalue weighted by Gasteiger charge is 2.11. The van der Waals surface area contributed by atoms with E-state index >= 15 is 0 Å². The SMILES string of the molecule is Cc1cc(C)c2sc3nnc(N)n3c2c1. The average molecular weight is 218 g/mol. The van der Waals surface area contributed by atoms with Crippen LogP contribution < -0.4 is 5.73 Å². The van der Waals surface area contributed by atoms with E-state index in [1.807, 2.05) is 4.40 Å². The topological polar surface area (TPSA) is 56.2 Å². The molecule has 0 unspecified atom stereocenters. The molecule has 3 aromatic rings. The van der Waals surface area contributed by atoms with E-state index in [-0.39, 0.29) is 0 Å². The summed E-state index contributed by atoms with van der Waals surface area (Å²) >= 11 is 1.63. The lowest BCUT2D eigenvalue weighted by Crippen LogP contribution is -1.93. The van der Waals surface area contributed by atoms with Gasteiger partial charge in [-0.25, -0.2) is 0 Å². The number of nitrogen functional groups attached to an aromatic ring is 1. The van der Waals surface area contributed by atoms with Gasteiger partial charge in [0.15, 0.2) is 0 Å². The lowest BCUT2D eigenvalue weighted by molar-refractivity contribution is 1.12. The Hall–Kier alpha value is -1.62. The van der Waals surface area contributed by atoms with Crippen molar-refractivity contribution in [1.29, 1.82) is 0 Å². The first-order chi connectivity index (χ1) is 7.16. The molecule has 2 aromatic heterocycles. The maximum atomic E-state index is 5.78. The van der Waals surface area contributed by atoms with Crippen molar-refractivity contribution < 1.29 is 0 Å². The number of anilines is 1. The minimum Gasteiger partial charge on any atom is -0.368 e. The summed E-state index contributed by atoms with van der Waals surface area (Å²) < 4.78 is 3.14. The molecule has 2 N–H and O–H groups in total. The third-order valence-electron chi connectivity index (χ3n) is 2.49. The monoisotopic (exact) mass is 218 g/mol. The van der Waals surface area contributed by atoms with Crippen LogP contribution in [0.4, 0.5) is 5.95 Å². The van der Waals surface area contributed by atoms with Crippen LogP contribution in [0.15, 0.2) is 12.1 Å². The van der Waals surface area contributed by atoms with Gasteiger partial charge >= 0.3 is 0 Å². The van der Waals surface area contributed by atoms with Gasteiger partial charge in [-0.2, -0.15) is 0 Å². The highest BCUT2D eigenvalue weighted by atomic mass is 32.1. The van der Waals surface area contributed by atoms with Crippen molar-refractivity contribution in [2.24, 2.45) is 0 Å². The zero-order valence-electron chi connectivity index (χ0n) is 8.48. The molecule has 5 heteroatoms. The van der Waals surface area contributed by atoms with Gasteiger partial charge in [-0.15, -0.1) is 10.2 Å². The number of thiazole rings is 1. The zero-order chi connectivity index (χ0) is 10.6. The number of hydrogen-bond donors (Lipinski definition) is 1. The van der Waals surface area contributed by atoms with Gasteiger partial charge in [-0.3, -0.25) is 4.40 Å². The van der Waals surface area contributed by atoms with Crippen molar-refractivity contribution in [3.63, 3.8) is 0 Å². The van der Waals surface area contributed by atoms with Gasteiger partial charge < -0.3 is 5.73 Å². The third kappa shape index (κ3) is 1.07. The van der Waals surface area contributed by atoms with Crippen LogP contribution in [-0.4, -0.2) is 14.6 Å². The molecule has 0 bridgehead atoms. The van der Waals surface area contributed by atoms with Gasteiger partial charge in [0.1, 0.15) is 0 Å². The van der Waals surface area contributed by atoms with E-state index in [0.717, 1.165) is 10.5 Å². The zero-order valence-corrected chi connectivity index (χ0v) is 9.30. The fourth-order valence-electron chi connectivity index (χ4n) is 1.90. The molecule has 76 valence electrons. The van der Waals surface area contributed by atoms with Crippen LogP contribution in [-0.2, 0) is 0 Å². The van der Waals surface area contributed by atoms with Gasteiger partial charge in [-0.1, -0.05) is 17.4 Å². The van der Waals surface area contributed by atoms with Gasteiger partial charge in [0.05, 0.1) is 10.2 Å². The van der Waals surface area contributed by atoms with Crippen LogP contribution in [0.1, 0.15) is 11.1 Å². The summed E-state index contributed by atoms with van der Waals surface area (Å²) in [6.07, 6.45) is 0. The van der Waals surface area contributed by atoms with Crippen molar-refractivity contribution >= 4 is 32.5 Å². The Morgan fingerprint density at radius 3 is 2.87 bits per heavy atom. The Morgan fingerprint density at radius 2 is 2.07 bits per heavy atom. The lowest BCUT2D eigenvalue weighted by Gasteiger charge is -1.99. The molecule has 3 rings (SSSR count). The van der Waals surface area contributed by atoms with Gasteiger partial charge in [-0.05, 0) is 31.0 Å². The highest BCUT2D eigenvalue weighted by molar-refractivity contribution is 7.23. The van der Waals surface area contributed by atoms with Crippen molar-refractivity contribution in [3.8, 4) is 0 Å². The first-order valence-corrected chi connectivity index (χ1v) is 5.49. The molecule has 0 spiro atoms. The molecule has 2 heterocycles. The number of hydrogen-bond acceptors (Lipinski definition) is 4. The number of nitrogens with two attached hydrogens (primary N) is 1. The second kappa shape index (κ2) is 2.70. The van der Waals surface area contributed by atoms with E-state index in [1.165, 1.54) is 15.8 Å². The largest absolute Gasteiger partial charge is 0.368 e. The average Bonchev–Trinajstić information content (AvgIpc) is 2.68. The Balaban J connectivity index is 2.62. The number of aryl methyl sites for hydroxylation is 2. The van der Waals surface area contributed by atoms with Crippen molar-refractivity contribution in [2.45, 2.75) is 13.8 Å². The van der Waals surface area contributed by atoms with Crippen molar-refractivity contribution in [2.75, 3.05) is 5.73 Å². The molecule has 1 aromatic carbocycles. The van der Waals surface area contributed by atoms with E-state index in [9.17, 15) is 0 Å². The molecule has 0 saturated carbocycles. The number of nitrogens with zero attached hydrogens (tertiary/aromatic N) is 3. The first-order valence-electron chi connectivity index (χ1n) is 4.67. The van der Waals surface area contributed by atoms with E-state index in [0.29, 0.717) is 5.95 Å². The molecule has 0 aliphatic heterocycles. The number of benzene rings is 1. The third-order valence-corrected chi connectivity index (χ3v) is 3.67. The summed E-state index contributed by atoms with van der Waals surface area (Å²) in [6, 6.07) is 4.29. The fourth-order valence-corrected chi connectivity index (χ4v) is 2.92. The second-order valence-electron chi connectivity index (χ2n) is 3.71. The maximum absolute atomic E-state index is 5.78. The Labute approximate surface area is 90.3 Å². The van der Waals surface area contributed by atoms with Crippen LogP contribution in [0.3, 0.4) is 0 Å². The normalized spacial score (nSPS) is 11.6. The lowest BCUT2D eigenvalue weighted by atomic mass is 10.1. The predicted octanol–water partition coefficient (Wildman–Crippen LogP) is 2.14. The minimum absolute atomic E-state index is 0.459.